The number of hydrogen-bond acceptors (Lipinski definition) is 3. The highest BCUT2D eigenvalue weighted by Crippen LogP contribution is 2.10. The molecule has 1 saturated heterocycles. The highest BCUT2D eigenvalue weighted by molar-refractivity contribution is 6.13. The van der Waals surface area contributed by atoms with Crippen molar-refractivity contribution < 1.29 is 14.4 Å². The fourth-order valence-corrected chi connectivity index (χ4v) is 1.15. The third kappa shape index (κ3) is 2.27. The molecule has 0 spiro atoms. The quantitative estimate of drug-likeness (QED) is 0.434. The molecule has 3 amide bonds. The molecular formula is C8H12N2O3. The zero-order valence-electron chi connectivity index (χ0n) is 7.59. The van der Waals surface area contributed by atoms with Gasteiger partial charge in [0, 0.05) is 12.5 Å². The Balaban J connectivity index is 2.57. The van der Waals surface area contributed by atoms with Crippen molar-refractivity contribution in [2.75, 3.05) is 0 Å². The van der Waals surface area contributed by atoms with Gasteiger partial charge >= 0.3 is 0 Å². The number of carbonyl (C=O) groups is 3. The van der Waals surface area contributed by atoms with E-state index in [1.807, 2.05) is 0 Å². The molecular weight excluding hydrogens is 172 g/mol. The molecule has 1 heterocycles. The first-order valence-electron chi connectivity index (χ1n) is 4.14. The fourth-order valence-electron chi connectivity index (χ4n) is 1.15. The number of hydrogen-bond donors (Lipinski definition) is 2. The Morgan fingerprint density at radius 2 is 2.15 bits per heavy atom. The minimum Gasteiger partial charge on any atom is -0.353 e. The summed E-state index contributed by atoms with van der Waals surface area (Å²) in [4.78, 5) is 33.0. The second-order valence-corrected chi connectivity index (χ2v) is 3.33. The van der Waals surface area contributed by atoms with Crippen molar-refractivity contribution in [3.05, 3.63) is 0 Å². The maximum Gasteiger partial charge on any atom is 0.239 e. The van der Waals surface area contributed by atoms with Gasteiger partial charge in [0.15, 0.2) is 0 Å². The molecule has 5 nitrogen and oxygen atoms in total. The summed E-state index contributed by atoms with van der Waals surface area (Å²) in [5, 5.41) is 4.67. The van der Waals surface area contributed by atoms with Crippen LogP contribution >= 0.6 is 0 Å². The maximum atomic E-state index is 11.3. The normalized spacial score (nSPS) is 21.9. The molecule has 1 aliphatic rings. The average molecular weight is 184 g/mol. The molecule has 13 heavy (non-hydrogen) atoms. The van der Waals surface area contributed by atoms with Crippen LogP contribution in [0, 0.1) is 5.92 Å². The first-order valence-corrected chi connectivity index (χ1v) is 4.14. The van der Waals surface area contributed by atoms with Crippen LogP contribution in [0.5, 0.6) is 0 Å². The molecule has 0 aromatic rings. The lowest BCUT2D eigenvalue weighted by molar-refractivity contribution is -0.133. The lowest BCUT2D eigenvalue weighted by Gasteiger charge is -2.10. The maximum absolute atomic E-state index is 11.3. The van der Waals surface area contributed by atoms with E-state index in [1.165, 1.54) is 0 Å². The van der Waals surface area contributed by atoms with Crippen LogP contribution in [0.3, 0.4) is 0 Å². The summed E-state index contributed by atoms with van der Waals surface area (Å²) in [6.45, 7) is 3.60. The second-order valence-electron chi connectivity index (χ2n) is 3.33. The molecule has 1 unspecified atom stereocenters. The van der Waals surface area contributed by atoms with Gasteiger partial charge in [-0.1, -0.05) is 0 Å². The Morgan fingerprint density at radius 1 is 1.54 bits per heavy atom. The average Bonchev–Trinajstić information content (AvgIpc) is 2.28. The van der Waals surface area contributed by atoms with Crippen LogP contribution in [-0.2, 0) is 14.4 Å². The number of imide groups is 1. The molecule has 0 aromatic heterocycles. The van der Waals surface area contributed by atoms with Crippen molar-refractivity contribution >= 4 is 17.7 Å². The van der Waals surface area contributed by atoms with Gasteiger partial charge < -0.3 is 5.32 Å². The Kier molecular flexibility index (Phi) is 2.65. The van der Waals surface area contributed by atoms with Gasteiger partial charge in [0.05, 0.1) is 0 Å². The molecule has 1 aliphatic heterocycles. The zero-order valence-corrected chi connectivity index (χ0v) is 7.59. The number of rotatable bonds is 2. The summed E-state index contributed by atoms with van der Waals surface area (Å²) < 4.78 is 0. The first-order chi connectivity index (χ1) is 6.00. The van der Waals surface area contributed by atoms with Gasteiger partial charge in [-0.25, -0.2) is 0 Å². The van der Waals surface area contributed by atoms with E-state index in [9.17, 15) is 14.4 Å². The van der Waals surface area contributed by atoms with Crippen LogP contribution in [0.4, 0.5) is 0 Å². The van der Waals surface area contributed by atoms with Crippen LogP contribution in [0.2, 0.25) is 0 Å². The Morgan fingerprint density at radius 3 is 2.54 bits per heavy atom. The van der Waals surface area contributed by atoms with Crippen LogP contribution in [0.1, 0.15) is 20.3 Å². The van der Waals surface area contributed by atoms with E-state index in [-0.39, 0.29) is 24.3 Å². The Hall–Kier alpha value is -1.39. The number of carbonyl (C=O) groups excluding carboxylic acids is 3. The van der Waals surface area contributed by atoms with Crippen LogP contribution in [0.15, 0.2) is 0 Å². The summed E-state index contributed by atoms with van der Waals surface area (Å²) in [5.41, 5.74) is 0. The third-order valence-electron chi connectivity index (χ3n) is 1.72. The Bertz CT molecular complexity index is 260. The summed E-state index contributed by atoms with van der Waals surface area (Å²) in [7, 11) is 0. The molecule has 1 rings (SSSR count). The highest BCUT2D eigenvalue weighted by Gasteiger charge is 2.36. The third-order valence-corrected chi connectivity index (χ3v) is 1.72. The number of nitrogens with one attached hydrogen (secondary N) is 2. The zero-order chi connectivity index (χ0) is 10.0. The minimum atomic E-state index is -0.838. The predicted molar refractivity (Wildman–Crippen MR) is 44.5 cm³/mol. The van der Waals surface area contributed by atoms with Crippen molar-refractivity contribution in [2.24, 2.45) is 5.92 Å². The SMILES string of the molecule is CC(C)NC(=O)C1CC(=O)NC1=O. The van der Waals surface area contributed by atoms with Crippen molar-refractivity contribution in [3.63, 3.8) is 0 Å². The molecule has 1 fully saturated rings. The summed E-state index contributed by atoms with van der Waals surface area (Å²) in [5.74, 6) is -2.09. The fraction of sp³-hybridized carbons (Fsp3) is 0.625. The summed E-state index contributed by atoms with van der Waals surface area (Å²) in [6.07, 6.45) is -0.0304. The highest BCUT2D eigenvalue weighted by atomic mass is 16.2. The topological polar surface area (TPSA) is 75.3 Å². The van der Waals surface area contributed by atoms with Crippen molar-refractivity contribution in [2.45, 2.75) is 26.3 Å². The molecule has 1 atom stereocenters. The molecule has 0 aromatic carbocycles. The minimum absolute atomic E-state index is 0.0176. The second kappa shape index (κ2) is 3.55. The smallest absolute Gasteiger partial charge is 0.239 e. The van der Waals surface area contributed by atoms with Crippen LogP contribution < -0.4 is 10.6 Å². The van der Waals surface area contributed by atoms with E-state index >= 15 is 0 Å². The van der Waals surface area contributed by atoms with E-state index in [2.05, 4.69) is 10.6 Å². The Labute approximate surface area is 75.9 Å². The van der Waals surface area contributed by atoms with Gasteiger partial charge in [-0.15, -0.1) is 0 Å². The molecule has 5 heteroatoms. The van der Waals surface area contributed by atoms with E-state index in [0.717, 1.165) is 0 Å². The lowest BCUT2D eigenvalue weighted by atomic mass is 10.1. The van der Waals surface area contributed by atoms with Gasteiger partial charge in [0.25, 0.3) is 0 Å². The van der Waals surface area contributed by atoms with Gasteiger partial charge in [0.2, 0.25) is 17.7 Å². The summed E-state index contributed by atoms with van der Waals surface area (Å²) in [6, 6.07) is -0.0176. The van der Waals surface area contributed by atoms with E-state index in [0.29, 0.717) is 0 Å². The largest absolute Gasteiger partial charge is 0.353 e. The standard InChI is InChI=1S/C8H12N2O3/c1-4(2)9-7(12)5-3-6(11)10-8(5)13/h4-5H,3H2,1-2H3,(H,9,12)(H,10,11,13). The van der Waals surface area contributed by atoms with Crippen molar-refractivity contribution in [1.29, 1.82) is 0 Å². The molecule has 0 aliphatic carbocycles. The van der Waals surface area contributed by atoms with Gasteiger partial charge in [-0.05, 0) is 13.8 Å². The van der Waals surface area contributed by atoms with E-state index < -0.39 is 11.8 Å². The molecule has 2 N–H and O–H groups in total. The summed E-state index contributed by atoms with van der Waals surface area (Å²) >= 11 is 0. The molecule has 72 valence electrons. The molecule has 0 bridgehead atoms. The lowest BCUT2D eigenvalue weighted by Crippen LogP contribution is -2.38. The van der Waals surface area contributed by atoms with Crippen molar-refractivity contribution in [3.8, 4) is 0 Å². The van der Waals surface area contributed by atoms with Crippen LogP contribution in [-0.4, -0.2) is 23.8 Å². The monoisotopic (exact) mass is 184 g/mol. The molecule has 0 radical (unpaired) electrons. The van der Waals surface area contributed by atoms with E-state index in [4.69, 9.17) is 0 Å². The van der Waals surface area contributed by atoms with Gasteiger partial charge in [-0.3, -0.25) is 19.7 Å². The van der Waals surface area contributed by atoms with E-state index in [1.54, 1.807) is 13.8 Å². The predicted octanol–water partition coefficient (Wildman–Crippen LogP) is -0.826. The van der Waals surface area contributed by atoms with Crippen molar-refractivity contribution in [1.82, 2.24) is 10.6 Å². The molecule has 0 saturated carbocycles. The first kappa shape index (κ1) is 9.70. The van der Waals surface area contributed by atoms with Gasteiger partial charge in [0.1, 0.15) is 5.92 Å². The van der Waals surface area contributed by atoms with Gasteiger partial charge in [-0.2, -0.15) is 0 Å². The van der Waals surface area contributed by atoms with Crippen LogP contribution in [0.25, 0.3) is 0 Å². The number of amides is 3.